The van der Waals surface area contributed by atoms with Gasteiger partial charge in [0.05, 0.1) is 5.56 Å². The van der Waals surface area contributed by atoms with Gasteiger partial charge in [0, 0.05) is 11.4 Å². The van der Waals surface area contributed by atoms with Gasteiger partial charge in [0.2, 0.25) is 0 Å². The molecule has 0 fully saturated rings. The van der Waals surface area contributed by atoms with Crippen LogP contribution in [0.5, 0.6) is 0 Å². The molecule has 3 aromatic rings. The van der Waals surface area contributed by atoms with E-state index in [9.17, 15) is 4.79 Å². The number of rotatable bonds is 3. The molecule has 1 heterocycles. The Morgan fingerprint density at radius 2 is 1.44 bits per heavy atom. The van der Waals surface area contributed by atoms with Crippen molar-refractivity contribution < 1.29 is 4.79 Å². The number of carbonyl (C=O) groups excluding carboxylic acids is 1. The molecule has 0 bridgehead atoms. The van der Waals surface area contributed by atoms with E-state index in [1.165, 1.54) is 0 Å². The van der Waals surface area contributed by atoms with Crippen LogP contribution < -0.4 is 10.2 Å². The van der Waals surface area contributed by atoms with Crippen molar-refractivity contribution in [2.45, 2.75) is 6.17 Å². The molecule has 0 spiro atoms. The van der Waals surface area contributed by atoms with Gasteiger partial charge in [-0.25, -0.2) is 0 Å². The summed E-state index contributed by atoms with van der Waals surface area (Å²) in [6, 6.07) is 27.5. The van der Waals surface area contributed by atoms with Crippen LogP contribution in [-0.4, -0.2) is 12.1 Å². The number of anilines is 2. The SMILES string of the molecule is O=C1c2ccccc2N[C@@H](/C=C/c2ccccc2)N1c1ccccc1. The fraction of sp³-hybridized carbons (Fsp3) is 0.0455. The van der Waals surface area contributed by atoms with Crippen molar-refractivity contribution in [2.24, 2.45) is 0 Å². The number of fused-ring (bicyclic) bond motifs is 1. The van der Waals surface area contributed by atoms with Gasteiger partial charge in [-0.1, -0.05) is 66.7 Å². The zero-order valence-corrected chi connectivity index (χ0v) is 13.7. The lowest BCUT2D eigenvalue weighted by atomic mass is 10.1. The van der Waals surface area contributed by atoms with Crippen LogP contribution in [0.15, 0.2) is 91.0 Å². The van der Waals surface area contributed by atoms with Gasteiger partial charge >= 0.3 is 0 Å². The van der Waals surface area contributed by atoms with Crippen LogP contribution in [0.1, 0.15) is 15.9 Å². The quantitative estimate of drug-likeness (QED) is 0.750. The van der Waals surface area contributed by atoms with Gasteiger partial charge in [-0.05, 0) is 35.9 Å². The number of nitrogens with zero attached hydrogens (tertiary/aromatic N) is 1. The highest BCUT2D eigenvalue weighted by molar-refractivity contribution is 6.12. The van der Waals surface area contributed by atoms with Gasteiger partial charge in [0.15, 0.2) is 0 Å². The van der Waals surface area contributed by atoms with Crippen molar-refractivity contribution in [3.05, 3.63) is 102 Å². The van der Waals surface area contributed by atoms with Crippen molar-refractivity contribution in [3.8, 4) is 0 Å². The zero-order chi connectivity index (χ0) is 17.1. The standard InChI is InChI=1S/C22H18N2O/c25-22-19-13-7-8-14-20(19)23-21(16-15-17-9-3-1-4-10-17)24(22)18-11-5-2-6-12-18/h1-16,21,23H/b16-15+/t21-/m1/s1. The highest BCUT2D eigenvalue weighted by Crippen LogP contribution is 2.30. The van der Waals surface area contributed by atoms with Crippen molar-refractivity contribution in [2.75, 3.05) is 10.2 Å². The first-order valence-corrected chi connectivity index (χ1v) is 8.30. The van der Waals surface area contributed by atoms with E-state index in [4.69, 9.17) is 0 Å². The number of hydrogen-bond acceptors (Lipinski definition) is 2. The lowest BCUT2D eigenvalue weighted by molar-refractivity contribution is 0.0980. The van der Waals surface area contributed by atoms with Crippen molar-refractivity contribution in [1.29, 1.82) is 0 Å². The summed E-state index contributed by atoms with van der Waals surface area (Å²) in [7, 11) is 0. The number of amides is 1. The fourth-order valence-corrected chi connectivity index (χ4v) is 3.04. The van der Waals surface area contributed by atoms with E-state index in [1.54, 1.807) is 4.90 Å². The molecule has 1 N–H and O–H groups in total. The number of nitrogens with one attached hydrogen (secondary N) is 1. The number of carbonyl (C=O) groups is 1. The molecule has 0 aliphatic carbocycles. The molecule has 25 heavy (non-hydrogen) atoms. The first-order chi connectivity index (χ1) is 12.3. The van der Waals surface area contributed by atoms with E-state index in [1.807, 2.05) is 97.1 Å². The van der Waals surface area contributed by atoms with Crippen molar-refractivity contribution in [3.63, 3.8) is 0 Å². The molecule has 4 rings (SSSR count). The largest absolute Gasteiger partial charge is 0.361 e. The van der Waals surface area contributed by atoms with E-state index < -0.39 is 0 Å². The molecule has 1 aliphatic rings. The summed E-state index contributed by atoms with van der Waals surface area (Å²) in [5.41, 5.74) is 3.53. The second kappa shape index (κ2) is 6.65. The molecule has 1 aliphatic heterocycles. The topological polar surface area (TPSA) is 32.3 Å². The van der Waals surface area contributed by atoms with Gasteiger partial charge in [-0.15, -0.1) is 0 Å². The second-order valence-corrected chi connectivity index (χ2v) is 5.92. The van der Waals surface area contributed by atoms with Gasteiger partial charge < -0.3 is 5.32 Å². The van der Waals surface area contributed by atoms with Crippen LogP contribution in [0.4, 0.5) is 11.4 Å². The molecule has 3 nitrogen and oxygen atoms in total. The molecular weight excluding hydrogens is 308 g/mol. The molecule has 3 aromatic carbocycles. The summed E-state index contributed by atoms with van der Waals surface area (Å²) < 4.78 is 0. The van der Waals surface area contributed by atoms with Crippen LogP contribution >= 0.6 is 0 Å². The molecule has 0 saturated carbocycles. The summed E-state index contributed by atoms with van der Waals surface area (Å²) in [6.45, 7) is 0. The monoisotopic (exact) mass is 326 g/mol. The first-order valence-electron chi connectivity index (χ1n) is 8.30. The van der Waals surface area contributed by atoms with Crippen molar-refractivity contribution >= 4 is 23.4 Å². The third-order valence-electron chi connectivity index (χ3n) is 4.26. The normalized spacial score (nSPS) is 16.6. The minimum Gasteiger partial charge on any atom is -0.361 e. The van der Waals surface area contributed by atoms with Crippen LogP contribution in [0, 0.1) is 0 Å². The molecule has 0 radical (unpaired) electrons. The third kappa shape index (κ3) is 3.04. The van der Waals surface area contributed by atoms with E-state index in [2.05, 4.69) is 5.32 Å². The lowest BCUT2D eigenvalue weighted by Crippen LogP contribution is -2.48. The van der Waals surface area contributed by atoms with Gasteiger partial charge in [0.1, 0.15) is 6.17 Å². The summed E-state index contributed by atoms with van der Waals surface area (Å²) in [5, 5.41) is 3.46. The molecule has 1 atom stereocenters. The highest BCUT2D eigenvalue weighted by atomic mass is 16.2. The first kappa shape index (κ1) is 15.2. The van der Waals surface area contributed by atoms with Gasteiger partial charge in [-0.2, -0.15) is 0 Å². The minimum absolute atomic E-state index is 0.00302. The third-order valence-corrected chi connectivity index (χ3v) is 4.26. The Morgan fingerprint density at radius 3 is 2.20 bits per heavy atom. The highest BCUT2D eigenvalue weighted by Gasteiger charge is 2.31. The summed E-state index contributed by atoms with van der Waals surface area (Å²) >= 11 is 0. The zero-order valence-electron chi connectivity index (χ0n) is 13.7. The maximum absolute atomic E-state index is 13.1. The number of para-hydroxylation sites is 2. The van der Waals surface area contributed by atoms with Gasteiger partial charge in [-0.3, -0.25) is 9.69 Å². The lowest BCUT2D eigenvalue weighted by Gasteiger charge is -2.36. The van der Waals surface area contributed by atoms with E-state index >= 15 is 0 Å². The molecule has 122 valence electrons. The van der Waals surface area contributed by atoms with Crippen LogP contribution in [0.2, 0.25) is 0 Å². The van der Waals surface area contributed by atoms with Gasteiger partial charge in [0.25, 0.3) is 5.91 Å². The summed E-state index contributed by atoms with van der Waals surface area (Å²) in [4.78, 5) is 14.9. The van der Waals surface area contributed by atoms with Crippen LogP contribution in [-0.2, 0) is 0 Å². The number of benzene rings is 3. The van der Waals surface area contributed by atoms with E-state index in [0.29, 0.717) is 5.56 Å². The molecule has 1 amide bonds. The molecular formula is C22H18N2O. The van der Waals surface area contributed by atoms with Crippen LogP contribution in [0.25, 0.3) is 6.08 Å². The maximum Gasteiger partial charge on any atom is 0.262 e. The van der Waals surface area contributed by atoms with E-state index in [0.717, 1.165) is 16.9 Å². The fourth-order valence-electron chi connectivity index (χ4n) is 3.04. The number of hydrogen-bond donors (Lipinski definition) is 1. The Morgan fingerprint density at radius 1 is 0.800 bits per heavy atom. The van der Waals surface area contributed by atoms with Crippen LogP contribution in [0.3, 0.4) is 0 Å². The minimum atomic E-state index is -0.245. The molecule has 0 unspecified atom stereocenters. The summed E-state index contributed by atoms with van der Waals surface area (Å²) in [6.07, 6.45) is 3.82. The predicted molar refractivity (Wildman–Crippen MR) is 103 cm³/mol. The Labute approximate surface area is 147 Å². The average Bonchev–Trinajstić information content (AvgIpc) is 2.68. The van der Waals surface area contributed by atoms with E-state index in [-0.39, 0.29) is 12.1 Å². The predicted octanol–water partition coefficient (Wildman–Crippen LogP) is 4.80. The van der Waals surface area contributed by atoms with Crippen molar-refractivity contribution in [1.82, 2.24) is 0 Å². The Balaban J connectivity index is 1.74. The average molecular weight is 326 g/mol. The second-order valence-electron chi connectivity index (χ2n) is 5.92. The Hall–Kier alpha value is -3.33. The Bertz CT molecular complexity index is 904. The molecule has 0 saturated heterocycles. The smallest absolute Gasteiger partial charge is 0.262 e. The Kier molecular flexibility index (Phi) is 4.05. The molecule has 3 heteroatoms. The molecule has 0 aromatic heterocycles. The maximum atomic E-state index is 13.1. The summed E-state index contributed by atoms with van der Waals surface area (Å²) in [5.74, 6) is 0.00302.